The number of carboxylic acid groups (broad SMARTS) is 1. The molecule has 5 nitrogen and oxygen atoms in total. The van der Waals surface area contributed by atoms with Crippen LogP contribution in [0.3, 0.4) is 0 Å². The summed E-state index contributed by atoms with van der Waals surface area (Å²) in [4.78, 5) is 12.2. The van der Waals surface area contributed by atoms with E-state index in [4.69, 9.17) is 15.6 Å². The summed E-state index contributed by atoms with van der Waals surface area (Å²) >= 11 is 0. The average Bonchev–Trinajstić information content (AvgIpc) is 2.20. The number of morpholine rings is 1. The maximum absolute atomic E-state index is 10.8. The minimum atomic E-state index is -0.874. The molecule has 0 spiro atoms. The quantitative estimate of drug-likeness (QED) is 0.514. The Labute approximate surface area is 70.1 Å². The number of fused-ring (bicyclic) bond motifs is 2. The fraction of sp³-hybridized carbons (Fsp3) is 0.857. The molecule has 1 amide bonds. The number of rotatable bonds is 0. The first-order valence-corrected chi connectivity index (χ1v) is 4.04. The van der Waals surface area contributed by atoms with Crippen molar-refractivity contribution in [2.24, 2.45) is 5.73 Å². The molecule has 0 aromatic carbocycles. The van der Waals surface area contributed by atoms with Gasteiger partial charge < -0.3 is 15.6 Å². The molecule has 0 saturated carbocycles. The highest BCUT2D eigenvalue weighted by Gasteiger charge is 2.45. The second-order valence-electron chi connectivity index (χ2n) is 3.35. The van der Waals surface area contributed by atoms with Crippen LogP contribution in [0.25, 0.3) is 0 Å². The number of nitrogens with two attached hydrogens (primary N) is 1. The maximum atomic E-state index is 10.8. The third-order valence-corrected chi connectivity index (χ3v) is 2.61. The Morgan fingerprint density at radius 1 is 1.58 bits per heavy atom. The van der Waals surface area contributed by atoms with Crippen LogP contribution in [0.4, 0.5) is 4.79 Å². The van der Waals surface area contributed by atoms with Gasteiger partial charge in [-0.15, -0.1) is 0 Å². The summed E-state index contributed by atoms with van der Waals surface area (Å²) in [5.41, 5.74) is 5.76. The minimum Gasteiger partial charge on any atom is -0.465 e. The highest BCUT2D eigenvalue weighted by molar-refractivity contribution is 5.67. The normalized spacial score (nSPS) is 40.1. The molecule has 68 valence electrons. The van der Waals surface area contributed by atoms with Crippen molar-refractivity contribution in [2.75, 3.05) is 13.2 Å². The van der Waals surface area contributed by atoms with Crippen molar-refractivity contribution < 1.29 is 14.6 Å². The lowest BCUT2D eigenvalue weighted by atomic mass is 10.1. The van der Waals surface area contributed by atoms with Gasteiger partial charge in [-0.25, -0.2) is 4.79 Å². The summed E-state index contributed by atoms with van der Waals surface area (Å²) < 4.78 is 5.22. The Morgan fingerprint density at radius 2 is 2.33 bits per heavy atom. The van der Waals surface area contributed by atoms with E-state index in [1.807, 2.05) is 0 Å². The Bertz CT molecular complexity index is 209. The van der Waals surface area contributed by atoms with Gasteiger partial charge in [0.05, 0.1) is 25.3 Å². The zero-order chi connectivity index (χ0) is 8.72. The van der Waals surface area contributed by atoms with Crippen molar-refractivity contribution in [3.63, 3.8) is 0 Å². The SMILES string of the molecule is NC1CC2COCC1N2C(=O)O. The van der Waals surface area contributed by atoms with Crippen LogP contribution in [0.2, 0.25) is 0 Å². The molecule has 3 unspecified atom stereocenters. The molecule has 2 bridgehead atoms. The van der Waals surface area contributed by atoms with Crippen molar-refractivity contribution >= 4 is 6.09 Å². The molecule has 2 heterocycles. The van der Waals surface area contributed by atoms with Gasteiger partial charge in [-0.2, -0.15) is 0 Å². The smallest absolute Gasteiger partial charge is 0.408 e. The maximum Gasteiger partial charge on any atom is 0.408 e. The number of nitrogens with zero attached hydrogens (tertiary/aromatic N) is 1. The molecule has 2 aliphatic rings. The third-order valence-electron chi connectivity index (χ3n) is 2.61. The van der Waals surface area contributed by atoms with Crippen LogP contribution in [-0.4, -0.2) is 47.4 Å². The summed E-state index contributed by atoms with van der Waals surface area (Å²) in [7, 11) is 0. The van der Waals surface area contributed by atoms with Crippen LogP contribution < -0.4 is 5.73 Å². The fourth-order valence-corrected chi connectivity index (χ4v) is 2.04. The molecule has 3 atom stereocenters. The van der Waals surface area contributed by atoms with E-state index in [0.29, 0.717) is 13.2 Å². The first-order valence-electron chi connectivity index (χ1n) is 4.04. The number of hydrogen-bond acceptors (Lipinski definition) is 3. The van der Waals surface area contributed by atoms with Crippen LogP contribution in [0, 0.1) is 0 Å². The van der Waals surface area contributed by atoms with Crippen molar-refractivity contribution in [1.29, 1.82) is 0 Å². The molecule has 3 N–H and O–H groups in total. The van der Waals surface area contributed by atoms with E-state index in [1.54, 1.807) is 0 Å². The summed E-state index contributed by atoms with van der Waals surface area (Å²) in [6, 6.07) is -0.189. The lowest BCUT2D eigenvalue weighted by Crippen LogP contribution is -2.51. The first-order chi connectivity index (χ1) is 5.70. The summed E-state index contributed by atoms with van der Waals surface area (Å²) in [5, 5.41) is 8.85. The van der Waals surface area contributed by atoms with E-state index < -0.39 is 6.09 Å². The highest BCUT2D eigenvalue weighted by atomic mass is 16.5. The highest BCUT2D eigenvalue weighted by Crippen LogP contribution is 2.27. The van der Waals surface area contributed by atoms with Crippen LogP contribution in [-0.2, 0) is 4.74 Å². The lowest BCUT2D eigenvalue weighted by Gasteiger charge is -2.32. The monoisotopic (exact) mass is 172 g/mol. The largest absolute Gasteiger partial charge is 0.465 e. The molecule has 2 rings (SSSR count). The Kier molecular flexibility index (Phi) is 1.69. The van der Waals surface area contributed by atoms with Crippen LogP contribution in [0.1, 0.15) is 6.42 Å². The molecule has 5 heteroatoms. The molecule has 0 aromatic rings. The molecular weight excluding hydrogens is 160 g/mol. The predicted octanol–water partition coefficient (Wildman–Crippen LogP) is -0.535. The predicted molar refractivity (Wildman–Crippen MR) is 40.9 cm³/mol. The summed E-state index contributed by atoms with van der Waals surface area (Å²) in [6.45, 7) is 0.945. The van der Waals surface area contributed by atoms with Gasteiger partial charge in [-0.05, 0) is 6.42 Å². The molecule has 2 aliphatic heterocycles. The van der Waals surface area contributed by atoms with Crippen molar-refractivity contribution in [3.8, 4) is 0 Å². The Balaban J connectivity index is 2.19. The number of hydrogen-bond donors (Lipinski definition) is 2. The lowest BCUT2D eigenvalue weighted by molar-refractivity contribution is -0.00766. The number of carbonyl (C=O) groups is 1. The zero-order valence-electron chi connectivity index (χ0n) is 6.64. The van der Waals surface area contributed by atoms with Crippen molar-refractivity contribution in [2.45, 2.75) is 24.5 Å². The second kappa shape index (κ2) is 2.60. The van der Waals surface area contributed by atoms with Crippen molar-refractivity contribution in [3.05, 3.63) is 0 Å². The van der Waals surface area contributed by atoms with Gasteiger partial charge in [0.15, 0.2) is 0 Å². The van der Waals surface area contributed by atoms with Gasteiger partial charge in [-0.1, -0.05) is 0 Å². The standard InChI is InChI=1S/C7H12N2O3/c8-5-1-4-2-12-3-6(5)9(4)7(10)11/h4-6H,1-3,8H2,(H,10,11). The molecule has 0 radical (unpaired) electrons. The van der Waals surface area contributed by atoms with Gasteiger partial charge >= 0.3 is 6.09 Å². The van der Waals surface area contributed by atoms with Gasteiger partial charge in [0.25, 0.3) is 0 Å². The Hall–Kier alpha value is -0.810. The third kappa shape index (κ3) is 0.971. The Morgan fingerprint density at radius 3 is 2.83 bits per heavy atom. The molecular formula is C7H12N2O3. The zero-order valence-corrected chi connectivity index (χ0v) is 6.64. The molecule has 12 heavy (non-hydrogen) atoms. The van der Waals surface area contributed by atoms with Gasteiger partial charge in [0.1, 0.15) is 0 Å². The fourth-order valence-electron chi connectivity index (χ4n) is 2.04. The average molecular weight is 172 g/mol. The molecule has 2 fully saturated rings. The number of ether oxygens (including phenoxy) is 1. The molecule has 2 saturated heterocycles. The van der Waals surface area contributed by atoms with E-state index in [0.717, 1.165) is 6.42 Å². The second-order valence-corrected chi connectivity index (χ2v) is 3.35. The van der Waals surface area contributed by atoms with Crippen LogP contribution in [0.15, 0.2) is 0 Å². The van der Waals surface area contributed by atoms with Gasteiger partial charge in [0, 0.05) is 6.04 Å². The molecule has 0 aromatic heterocycles. The van der Waals surface area contributed by atoms with Crippen LogP contribution >= 0.6 is 0 Å². The number of amides is 1. The first kappa shape index (κ1) is 7.82. The minimum absolute atomic E-state index is 0.0174. The van der Waals surface area contributed by atoms with Gasteiger partial charge in [0.2, 0.25) is 0 Å². The van der Waals surface area contributed by atoms with Crippen molar-refractivity contribution in [1.82, 2.24) is 4.90 Å². The van der Waals surface area contributed by atoms with E-state index in [2.05, 4.69) is 0 Å². The topological polar surface area (TPSA) is 75.8 Å². The molecule has 0 aliphatic carbocycles. The van der Waals surface area contributed by atoms with E-state index in [1.165, 1.54) is 4.90 Å². The van der Waals surface area contributed by atoms with Gasteiger partial charge in [-0.3, -0.25) is 4.90 Å². The van der Waals surface area contributed by atoms with E-state index >= 15 is 0 Å². The summed E-state index contributed by atoms with van der Waals surface area (Å²) in [6.07, 6.45) is -0.141. The summed E-state index contributed by atoms with van der Waals surface area (Å²) in [5.74, 6) is 0. The van der Waals surface area contributed by atoms with E-state index in [-0.39, 0.29) is 18.1 Å². The van der Waals surface area contributed by atoms with Crippen LogP contribution in [0.5, 0.6) is 0 Å². The van der Waals surface area contributed by atoms with E-state index in [9.17, 15) is 4.79 Å².